The van der Waals surface area contributed by atoms with Crippen LogP contribution in [0.4, 0.5) is 17.3 Å². The Morgan fingerprint density at radius 2 is 1.67 bits per heavy atom. The Balaban J connectivity index is 1.48. The highest BCUT2D eigenvalue weighted by molar-refractivity contribution is 6.30. The third-order valence-corrected chi connectivity index (χ3v) is 6.31. The van der Waals surface area contributed by atoms with Gasteiger partial charge < -0.3 is 15.4 Å². The van der Waals surface area contributed by atoms with Gasteiger partial charge in [-0.1, -0.05) is 23.7 Å². The fourth-order valence-electron chi connectivity index (χ4n) is 4.06. The molecule has 8 heteroatoms. The van der Waals surface area contributed by atoms with E-state index in [1.54, 1.807) is 38.3 Å². The Morgan fingerprint density at radius 3 is 2.30 bits per heavy atom. The molecule has 3 aromatic rings. The lowest BCUT2D eigenvalue weighted by Crippen LogP contribution is -2.29. The molecular formula is C25H27ClN4O3. The maximum absolute atomic E-state index is 12.6. The van der Waals surface area contributed by atoms with Gasteiger partial charge in [0, 0.05) is 40.6 Å². The first-order chi connectivity index (χ1) is 15.9. The lowest BCUT2D eigenvalue weighted by atomic mass is 9.87. The topological polar surface area (TPSA) is 96.1 Å². The highest BCUT2D eigenvalue weighted by Crippen LogP contribution is 2.28. The van der Waals surface area contributed by atoms with Crippen LogP contribution in [-0.2, 0) is 9.53 Å². The van der Waals surface area contributed by atoms with Gasteiger partial charge >= 0.3 is 0 Å². The monoisotopic (exact) mass is 466 g/mol. The van der Waals surface area contributed by atoms with Crippen LogP contribution in [0.1, 0.15) is 31.2 Å². The smallest absolute Gasteiger partial charge is 0.255 e. The largest absolute Gasteiger partial charge is 0.381 e. The zero-order valence-electron chi connectivity index (χ0n) is 18.7. The van der Waals surface area contributed by atoms with E-state index in [0.717, 1.165) is 42.6 Å². The molecule has 1 aliphatic carbocycles. The molecule has 33 heavy (non-hydrogen) atoms. The number of hydrogen-bond donors (Lipinski definition) is 3. The summed E-state index contributed by atoms with van der Waals surface area (Å²) < 4.78 is 5.39. The minimum absolute atomic E-state index is 0.00849. The maximum Gasteiger partial charge on any atom is 0.255 e. The molecule has 0 spiro atoms. The fraction of sp³-hybridized carbons (Fsp3) is 0.320. The number of H-pyrrole nitrogens is 1. The predicted molar refractivity (Wildman–Crippen MR) is 131 cm³/mol. The van der Waals surface area contributed by atoms with E-state index in [1.807, 2.05) is 24.3 Å². The molecule has 0 atom stereocenters. The number of aromatic amines is 1. The van der Waals surface area contributed by atoms with Gasteiger partial charge in [-0.25, -0.2) is 4.98 Å². The molecule has 1 fully saturated rings. The van der Waals surface area contributed by atoms with Crippen molar-refractivity contribution in [2.24, 2.45) is 5.92 Å². The number of ether oxygens (including phenoxy) is 1. The summed E-state index contributed by atoms with van der Waals surface area (Å²) in [5, 5.41) is 6.73. The number of benzene rings is 2. The highest BCUT2D eigenvalue weighted by atomic mass is 35.5. The van der Waals surface area contributed by atoms with E-state index < -0.39 is 0 Å². The van der Waals surface area contributed by atoms with Crippen LogP contribution >= 0.6 is 11.6 Å². The molecule has 1 aliphatic rings. The maximum atomic E-state index is 12.6. The van der Waals surface area contributed by atoms with Crippen molar-refractivity contribution in [1.29, 1.82) is 0 Å². The standard InChI is InChI=1S/C25H27ClN4O3/c1-15-22(29-25(30-23(15)31)28-20-11-7-18(26)8-12-20)16-3-9-19(10-4-16)27-24(32)17-5-13-21(33-2)14-6-17/h3-4,7-12,17,21H,5-6,13-14H2,1-2H3,(H,27,32)(H2,28,29,30,31). The Labute approximate surface area is 197 Å². The molecule has 1 aromatic heterocycles. The van der Waals surface area contributed by atoms with E-state index in [9.17, 15) is 9.59 Å². The molecule has 1 saturated carbocycles. The van der Waals surface area contributed by atoms with Gasteiger partial charge in [0.2, 0.25) is 11.9 Å². The highest BCUT2D eigenvalue weighted by Gasteiger charge is 2.26. The second-order valence-corrected chi connectivity index (χ2v) is 8.73. The summed E-state index contributed by atoms with van der Waals surface area (Å²) in [5.41, 5.74) is 3.14. The average molecular weight is 467 g/mol. The van der Waals surface area contributed by atoms with Gasteiger partial charge in [0.25, 0.3) is 5.56 Å². The van der Waals surface area contributed by atoms with E-state index in [4.69, 9.17) is 16.3 Å². The van der Waals surface area contributed by atoms with E-state index in [-0.39, 0.29) is 23.5 Å². The van der Waals surface area contributed by atoms with Gasteiger partial charge in [-0.15, -0.1) is 0 Å². The predicted octanol–water partition coefficient (Wildman–Crippen LogP) is 5.29. The lowest BCUT2D eigenvalue weighted by Gasteiger charge is -2.26. The number of aromatic nitrogens is 2. The van der Waals surface area contributed by atoms with Crippen LogP contribution in [0.5, 0.6) is 0 Å². The molecule has 1 amide bonds. The molecular weight excluding hydrogens is 440 g/mol. The quantitative estimate of drug-likeness (QED) is 0.459. The normalized spacial score (nSPS) is 18.0. The van der Waals surface area contributed by atoms with Crippen molar-refractivity contribution in [1.82, 2.24) is 9.97 Å². The number of halogens is 1. The number of hydrogen-bond acceptors (Lipinski definition) is 5. The van der Waals surface area contributed by atoms with Crippen molar-refractivity contribution in [2.45, 2.75) is 38.7 Å². The number of methoxy groups -OCH3 is 1. The number of nitrogens with one attached hydrogen (secondary N) is 3. The Kier molecular flexibility index (Phi) is 7.11. The summed E-state index contributed by atoms with van der Waals surface area (Å²) in [6, 6.07) is 14.5. The molecule has 4 rings (SSSR count). The first-order valence-electron chi connectivity index (χ1n) is 11.0. The number of carbonyl (C=O) groups excluding carboxylic acids is 1. The SMILES string of the molecule is COC1CCC(C(=O)Nc2ccc(-c3nc(Nc4ccc(Cl)cc4)[nH]c(=O)c3C)cc2)CC1. The third-order valence-electron chi connectivity index (χ3n) is 6.06. The molecule has 0 saturated heterocycles. The molecule has 0 aliphatic heterocycles. The van der Waals surface area contributed by atoms with E-state index >= 15 is 0 Å². The van der Waals surface area contributed by atoms with Crippen LogP contribution < -0.4 is 16.2 Å². The Morgan fingerprint density at radius 1 is 1.03 bits per heavy atom. The van der Waals surface area contributed by atoms with Crippen molar-refractivity contribution in [2.75, 3.05) is 17.7 Å². The molecule has 2 aromatic carbocycles. The van der Waals surface area contributed by atoms with Gasteiger partial charge in [-0.2, -0.15) is 0 Å². The number of nitrogens with zero attached hydrogens (tertiary/aromatic N) is 1. The molecule has 0 radical (unpaired) electrons. The third kappa shape index (κ3) is 5.61. The van der Waals surface area contributed by atoms with Gasteiger partial charge in [-0.3, -0.25) is 14.6 Å². The number of anilines is 3. The van der Waals surface area contributed by atoms with Crippen molar-refractivity contribution >= 4 is 34.8 Å². The van der Waals surface area contributed by atoms with Crippen LogP contribution in [0.25, 0.3) is 11.3 Å². The average Bonchev–Trinajstić information content (AvgIpc) is 2.83. The molecule has 7 nitrogen and oxygen atoms in total. The minimum Gasteiger partial charge on any atom is -0.381 e. The molecule has 1 heterocycles. The van der Waals surface area contributed by atoms with Crippen molar-refractivity contribution in [3.8, 4) is 11.3 Å². The number of rotatable bonds is 6. The van der Waals surface area contributed by atoms with Crippen LogP contribution in [0.2, 0.25) is 5.02 Å². The fourth-order valence-corrected chi connectivity index (χ4v) is 4.19. The van der Waals surface area contributed by atoms with E-state index in [1.165, 1.54) is 0 Å². The summed E-state index contributed by atoms with van der Waals surface area (Å²) in [4.78, 5) is 32.5. The van der Waals surface area contributed by atoms with Crippen molar-refractivity contribution in [3.05, 3.63) is 69.5 Å². The van der Waals surface area contributed by atoms with Crippen LogP contribution in [-0.4, -0.2) is 29.1 Å². The molecule has 172 valence electrons. The van der Waals surface area contributed by atoms with Crippen LogP contribution in [0.15, 0.2) is 53.3 Å². The minimum atomic E-state index is -0.222. The molecule has 0 unspecified atom stereocenters. The summed E-state index contributed by atoms with van der Waals surface area (Å²) in [7, 11) is 1.72. The second kappa shape index (κ2) is 10.2. The second-order valence-electron chi connectivity index (χ2n) is 8.30. The molecule has 3 N–H and O–H groups in total. The van der Waals surface area contributed by atoms with Crippen molar-refractivity contribution < 1.29 is 9.53 Å². The van der Waals surface area contributed by atoms with E-state index in [2.05, 4.69) is 20.6 Å². The van der Waals surface area contributed by atoms with Gasteiger partial charge in [0.05, 0.1) is 11.8 Å². The first kappa shape index (κ1) is 23.0. The van der Waals surface area contributed by atoms with Gasteiger partial charge in [-0.05, 0) is 69.0 Å². The summed E-state index contributed by atoms with van der Waals surface area (Å²) in [5.74, 6) is 0.387. The Bertz CT molecular complexity index is 1170. The van der Waals surface area contributed by atoms with Gasteiger partial charge in [0.15, 0.2) is 0 Å². The van der Waals surface area contributed by atoms with Gasteiger partial charge in [0.1, 0.15) is 0 Å². The summed E-state index contributed by atoms with van der Waals surface area (Å²) >= 11 is 5.93. The summed E-state index contributed by atoms with van der Waals surface area (Å²) in [6.45, 7) is 1.74. The first-order valence-corrected chi connectivity index (χ1v) is 11.4. The van der Waals surface area contributed by atoms with Crippen molar-refractivity contribution in [3.63, 3.8) is 0 Å². The number of carbonyl (C=O) groups is 1. The lowest BCUT2D eigenvalue weighted by molar-refractivity contribution is -0.121. The van der Waals surface area contributed by atoms with E-state index in [0.29, 0.717) is 22.2 Å². The summed E-state index contributed by atoms with van der Waals surface area (Å²) in [6.07, 6.45) is 3.75. The molecule has 0 bridgehead atoms. The zero-order chi connectivity index (χ0) is 23.4. The van der Waals surface area contributed by atoms with Crippen LogP contribution in [0, 0.1) is 12.8 Å². The number of amides is 1. The van der Waals surface area contributed by atoms with Crippen LogP contribution in [0.3, 0.4) is 0 Å². The Hall–Kier alpha value is -3.16. The zero-order valence-corrected chi connectivity index (χ0v) is 19.4.